The van der Waals surface area contributed by atoms with E-state index in [0.717, 1.165) is 12.0 Å². The van der Waals surface area contributed by atoms with E-state index in [9.17, 15) is 9.59 Å². The van der Waals surface area contributed by atoms with Gasteiger partial charge < -0.3 is 14.4 Å². The molecule has 2 aromatic rings. The summed E-state index contributed by atoms with van der Waals surface area (Å²) in [4.78, 5) is 28.5. The van der Waals surface area contributed by atoms with Gasteiger partial charge in [0.05, 0.1) is 36.5 Å². The van der Waals surface area contributed by atoms with Crippen molar-refractivity contribution in [2.24, 2.45) is 0 Å². The van der Waals surface area contributed by atoms with Crippen LogP contribution in [0, 0.1) is 0 Å². The molecule has 6 heteroatoms. The number of methoxy groups -OCH3 is 1. The molecule has 0 atom stereocenters. The fourth-order valence-corrected chi connectivity index (χ4v) is 3.90. The molecule has 0 radical (unpaired) electrons. The lowest BCUT2D eigenvalue weighted by Crippen LogP contribution is -2.31. The highest BCUT2D eigenvalue weighted by molar-refractivity contribution is 7.14. The standard InChI is InChI=1S/C18H19NO4S/c1-3-19(14-7-5-4-6-13(14)18(21)22-2)17(20)16-10-12-11-23-9-8-15(12)24-16/h4-7,10H,3,8-9,11H2,1-2H3. The number of rotatable bonds is 4. The maximum atomic E-state index is 13.0. The molecule has 0 spiro atoms. The molecular weight excluding hydrogens is 326 g/mol. The van der Waals surface area contributed by atoms with Crippen LogP contribution < -0.4 is 4.90 Å². The average molecular weight is 345 g/mol. The smallest absolute Gasteiger partial charge is 0.339 e. The van der Waals surface area contributed by atoms with E-state index in [1.165, 1.54) is 23.3 Å². The van der Waals surface area contributed by atoms with Crippen LogP contribution in [0.5, 0.6) is 0 Å². The van der Waals surface area contributed by atoms with Crippen LogP contribution in [0.15, 0.2) is 30.3 Å². The number of carbonyl (C=O) groups excluding carboxylic acids is 2. The summed E-state index contributed by atoms with van der Waals surface area (Å²) in [5.41, 5.74) is 2.05. The highest BCUT2D eigenvalue weighted by Gasteiger charge is 2.25. The third kappa shape index (κ3) is 3.07. The minimum atomic E-state index is -0.448. The van der Waals surface area contributed by atoms with E-state index in [0.29, 0.717) is 35.9 Å². The van der Waals surface area contributed by atoms with Crippen molar-refractivity contribution in [3.05, 3.63) is 51.2 Å². The molecule has 126 valence electrons. The van der Waals surface area contributed by atoms with Crippen LogP contribution >= 0.6 is 11.3 Å². The third-order valence-electron chi connectivity index (χ3n) is 4.00. The van der Waals surface area contributed by atoms with Crippen molar-refractivity contribution in [1.29, 1.82) is 0 Å². The van der Waals surface area contributed by atoms with Crippen LogP contribution in [0.2, 0.25) is 0 Å². The van der Waals surface area contributed by atoms with Crippen LogP contribution in [0.25, 0.3) is 0 Å². The van der Waals surface area contributed by atoms with Gasteiger partial charge in [-0.05, 0) is 30.7 Å². The Morgan fingerprint density at radius 3 is 2.83 bits per heavy atom. The van der Waals surface area contributed by atoms with Crippen LogP contribution in [-0.4, -0.2) is 32.1 Å². The molecule has 1 aromatic heterocycles. The van der Waals surface area contributed by atoms with Gasteiger partial charge >= 0.3 is 5.97 Å². The fourth-order valence-electron chi connectivity index (χ4n) is 2.80. The minimum Gasteiger partial charge on any atom is -0.465 e. The van der Waals surface area contributed by atoms with E-state index >= 15 is 0 Å². The van der Waals surface area contributed by atoms with Gasteiger partial charge in [0.1, 0.15) is 0 Å². The topological polar surface area (TPSA) is 55.8 Å². The molecule has 1 amide bonds. The molecule has 0 bridgehead atoms. The Labute approximate surface area is 144 Å². The molecule has 2 heterocycles. The maximum absolute atomic E-state index is 13.0. The number of para-hydroxylation sites is 1. The zero-order chi connectivity index (χ0) is 17.1. The second kappa shape index (κ2) is 7.15. The SMILES string of the molecule is CCN(C(=O)c1cc2c(s1)CCOC2)c1ccccc1C(=O)OC. The number of fused-ring (bicyclic) bond motifs is 1. The summed E-state index contributed by atoms with van der Waals surface area (Å²) in [7, 11) is 1.34. The van der Waals surface area contributed by atoms with Gasteiger partial charge in [-0.15, -0.1) is 11.3 Å². The van der Waals surface area contributed by atoms with Crippen LogP contribution in [0.1, 0.15) is 37.4 Å². The van der Waals surface area contributed by atoms with Gasteiger partial charge in [0.25, 0.3) is 5.91 Å². The van der Waals surface area contributed by atoms with Gasteiger partial charge in [-0.3, -0.25) is 4.79 Å². The van der Waals surface area contributed by atoms with E-state index in [1.807, 2.05) is 19.1 Å². The van der Waals surface area contributed by atoms with Gasteiger partial charge in [0.2, 0.25) is 0 Å². The Kier molecular flexibility index (Phi) is 4.97. The Morgan fingerprint density at radius 2 is 2.12 bits per heavy atom. The Bertz CT molecular complexity index is 745. The van der Waals surface area contributed by atoms with Crippen molar-refractivity contribution in [1.82, 2.24) is 0 Å². The van der Waals surface area contributed by atoms with Gasteiger partial charge in [-0.25, -0.2) is 4.79 Å². The number of esters is 1. The van der Waals surface area contributed by atoms with Gasteiger partial charge in [0, 0.05) is 17.8 Å². The van der Waals surface area contributed by atoms with Crippen LogP contribution in [-0.2, 0) is 22.5 Å². The number of thiophene rings is 1. The van der Waals surface area contributed by atoms with Crippen molar-refractivity contribution in [3.63, 3.8) is 0 Å². The normalized spacial score (nSPS) is 13.2. The summed E-state index contributed by atoms with van der Waals surface area (Å²) >= 11 is 1.51. The first-order valence-corrected chi connectivity index (χ1v) is 8.66. The molecule has 0 saturated carbocycles. The first-order chi connectivity index (χ1) is 11.7. The second-order valence-electron chi connectivity index (χ2n) is 5.42. The third-order valence-corrected chi connectivity index (χ3v) is 5.23. The number of hydrogen-bond acceptors (Lipinski definition) is 5. The molecule has 0 aliphatic carbocycles. The molecule has 0 fully saturated rings. The second-order valence-corrected chi connectivity index (χ2v) is 6.56. The van der Waals surface area contributed by atoms with E-state index in [1.54, 1.807) is 23.1 Å². The molecule has 24 heavy (non-hydrogen) atoms. The van der Waals surface area contributed by atoms with Crippen molar-refractivity contribution in [2.75, 3.05) is 25.2 Å². The van der Waals surface area contributed by atoms with Gasteiger partial charge in [0.15, 0.2) is 0 Å². The number of benzene rings is 1. The largest absolute Gasteiger partial charge is 0.465 e. The number of nitrogens with zero attached hydrogens (tertiary/aromatic N) is 1. The summed E-state index contributed by atoms with van der Waals surface area (Å²) < 4.78 is 10.3. The molecular formula is C18H19NO4S. The average Bonchev–Trinajstić information content (AvgIpc) is 3.06. The van der Waals surface area contributed by atoms with E-state index in [-0.39, 0.29) is 5.91 Å². The first-order valence-electron chi connectivity index (χ1n) is 7.84. The van der Waals surface area contributed by atoms with Crippen molar-refractivity contribution in [2.45, 2.75) is 20.0 Å². The summed E-state index contributed by atoms with van der Waals surface area (Å²) in [6.07, 6.45) is 0.845. The summed E-state index contributed by atoms with van der Waals surface area (Å²) in [6.45, 7) is 3.61. The lowest BCUT2D eigenvalue weighted by Gasteiger charge is -2.22. The van der Waals surface area contributed by atoms with Gasteiger partial charge in [-0.1, -0.05) is 12.1 Å². The molecule has 5 nitrogen and oxygen atoms in total. The van der Waals surface area contributed by atoms with Crippen LogP contribution in [0.3, 0.4) is 0 Å². The predicted octanol–water partition coefficient (Wildman–Crippen LogP) is 3.27. The number of amides is 1. The molecule has 0 saturated heterocycles. The monoisotopic (exact) mass is 345 g/mol. The number of anilines is 1. The van der Waals surface area contributed by atoms with E-state index in [2.05, 4.69) is 0 Å². The number of hydrogen-bond donors (Lipinski definition) is 0. The Morgan fingerprint density at radius 1 is 1.33 bits per heavy atom. The molecule has 0 N–H and O–H groups in total. The summed E-state index contributed by atoms with van der Waals surface area (Å²) in [5.74, 6) is -0.552. The number of carbonyl (C=O) groups is 2. The predicted molar refractivity (Wildman–Crippen MR) is 92.8 cm³/mol. The highest BCUT2D eigenvalue weighted by Crippen LogP contribution is 2.30. The van der Waals surface area contributed by atoms with Crippen LogP contribution in [0.4, 0.5) is 5.69 Å². The zero-order valence-electron chi connectivity index (χ0n) is 13.7. The Hall–Kier alpha value is -2.18. The zero-order valence-corrected chi connectivity index (χ0v) is 14.5. The van der Waals surface area contributed by atoms with Gasteiger partial charge in [-0.2, -0.15) is 0 Å². The highest BCUT2D eigenvalue weighted by atomic mass is 32.1. The Balaban J connectivity index is 1.96. The fraction of sp³-hybridized carbons (Fsp3) is 0.333. The molecule has 3 rings (SSSR count). The van der Waals surface area contributed by atoms with Crippen molar-refractivity contribution >= 4 is 28.9 Å². The lowest BCUT2D eigenvalue weighted by molar-refractivity contribution is 0.0601. The molecule has 1 aliphatic rings. The number of ether oxygens (including phenoxy) is 2. The quantitative estimate of drug-likeness (QED) is 0.798. The summed E-state index contributed by atoms with van der Waals surface area (Å²) in [5, 5.41) is 0. The van der Waals surface area contributed by atoms with Crippen molar-refractivity contribution < 1.29 is 19.1 Å². The first kappa shape index (κ1) is 16.7. The van der Waals surface area contributed by atoms with Crippen molar-refractivity contribution in [3.8, 4) is 0 Å². The minimum absolute atomic E-state index is 0.103. The van der Waals surface area contributed by atoms with E-state index < -0.39 is 5.97 Å². The molecule has 0 unspecified atom stereocenters. The maximum Gasteiger partial charge on any atom is 0.339 e. The lowest BCUT2D eigenvalue weighted by atomic mass is 10.1. The van der Waals surface area contributed by atoms with E-state index in [4.69, 9.17) is 9.47 Å². The molecule has 1 aliphatic heterocycles. The molecule has 1 aromatic carbocycles. The summed E-state index contributed by atoms with van der Waals surface area (Å²) in [6, 6.07) is 8.92.